The molecule has 0 aromatic heterocycles. The van der Waals surface area contributed by atoms with Gasteiger partial charge in [-0.1, -0.05) is 30.3 Å². The fourth-order valence-electron chi connectivity index (χ4n) is 2.72. The normalized spacial score (nSPS) is 12.0. The van der Waals surface area contributed by atoms with Crippen molar-refractivity contribution >= 4 is 40.7 Å². The van der Waals surface area contributed by atoms with Gasteiger partial charge in [0, 0.05) is 30.3 Å². The minimum atomic E-state index is -0.990. The molecular weight excluding hydrogens is 497 g/mol. The predicted molar refractivity (Wildman–Crippen MR) is 133 cm³/mol. The number of nitrogens with one attached hydrogen (secondary N) is 2. The molecule has 2 aromatic rings. The smallest absolute Gasteiger partial charge is 0.191 e. The van der Waals surface area contributed by atoms with Crippen molar-refractivity contribution in [2.24, 2.45) is 4.99 Å². The van der Waals surface area contributed by atoms with E-state index < -0.39 is 10.8 Å². The Morgan fingerprint density at radius 1 is 1.03 bits per heavy atom. The number of nitrogens with zero attached hydrogens (tertiary/aromatic N) is 1. The van der Waals surface area contributed by atoms with Gasteiger partial charge >= 0.3 is 0 Å². The first-order valence-corrected chi connectivity index (χ1v) is 11.1. The Morgan fingerprint density at radius 2 is 1.76 bits per heavy atom. The van der Waals surface area contributed by atoms with E-state index in [1.807, 2.05) is 49.4 Å². The van der Waals surface area contributed by atoms with Gasteiger partial charge in [0.05, 0.1) is 17.9 Å². The number of aryl methyl sites for hydroxylation is 1. The summed E-state index contributed by atoms with van der Waals surface area (Å²) in [5, 5.41) is 6.52. The van der Waals surface area contributed by atoms with E-state index in [0.29, 0.717) is 12.3 Å². The van der Waals surface area contributed by atoms with Crippen LogP contribution in [0.1, 0.15) is 25.3 Å². The molecule has 0 fully saturated rings. The van der Waals surface area contributed by atoms with Crippen molar-refractivity contribution in [2.75, 3.05) is 32.5 Å². The van der Waals surface area contributed by atoms with Crippen LogP contribution in [0.15, 0.2) is 64.5 Å². The Labute approximate surface area is 194 Å². The first-order chi connectivity index (χ1) is 13.7. The molecule has 5 nitrogen and oxygen atoms in total. The zero-order chi connectivity index (χ0) is 20.0. The standard InChI is InChI=1S/C22H31N3O2S.HI/c1-3-23-22(25-17-18-28(26)21-10-5-4-6-11-21)24-16-8-7-9-19-12-14-20(27-2)15-13-19;/h4-6,10-15H,3,7-9,16-18H2,1-2H3,(H2,23,24,25);1H. The fourth-order valence-corrected chi connectivity index (χ4v) is 3.70. The van der Waals surface area contributed by atoms with Crippen LogP contribution in [-0.4, -0.2) is 42.7 Å². The van der Waals surface area contributed by atoms with Crippen LogP contribution in [0, 0.1) is 0 Å². The summed E-state index contributed by atoms with van der Waals surface area (Å²) in [4.78, 5) is 5.48. The fraction of sp³-hybridized carbons (Fsp3) is 0.409. The van der Waals surface area contributed by atoms with Crippen molar-refractivity contribution < 1.29 is 8.95 Å². The van der Waals surface area contributed by atoms with Crippen molar-refractivity contribution in [3.05, 3.63) is 60.2 Å². The lowest BCUT2D eigenvalue weighted by Gasteiger charge is -2.11. The van der Waals surface area contributed by atoms with E-state index in [9.17, 15) is 4.21 Å². The molecule has 2 aromatic carbocycles. The van der Waals surface area contributed by atoms with Crippen molar-refractivity contribution in [3.63, 3.8) is 0 Å². The second-order valence-electron chi connectivity index (χ2n) is 6.36. The molecule has 0 saturated heterocycles. The maximum Gasteiger partial charge on any atom is 0.191 e. The molecule has 0 spiro atoms. The number of hydrogen-bond donors (Lipinski definition) is 2. The summed E-state index contributed by atoms with van der Waals surface area (Å²) in [7, 11) is 0.692. The average Bonchev–Trinajstić information content (AvgIpc) is 2.74. The second-order valence-corrected chi connectivity index (χ2v) is 7.93. The summed E-state index contributed by atoms with van der Waals surface area (Å²) >= 11 is 0. The van der Waals surface area contributed by atoms with Crippen LogP contribution >= 0.6 is 24.0 Å². The number of ether oxygens (including phenoxy) is 1. The number of unbranched alkanes of at least 4 members (excludes halogenated alkanes) is 1. The largest absolute Gasteiger partial charge is 0.497 e. The molecule has 0 aliphatic rings. The van der Waals surface area contributed by atoms with Gasteiger partial charge in [-0.05, 0) is 56.0 Å². The van der Waals surface area contributed by atoms with Gasteiger partial charge in [0.2, 0.25) is 0 Å². The third kappa shape index (κ3) is 10.1. The van der Waals surface area contributed by atoms with Crippen LogP contribution in [0.5, 0.6) is 5.75 Å². The highest BCUT2D eigenvalue weighted by molar-refractivity contribution is 14.0. The van der Waals surface area contributed by atoms with E-state index in [-0.39, 0.29) is 24.0 Å². The molecule has 0 aliphatic carbocycles. The summed E-state index contributed by atoms with van der Waals surface area (Å²) in [6, 6.07) is 17.8. The van der Waals surface area contributed by atoms with Crippen LogP contribution in [0.2, 0.25) is 0 Å². The lowest BCUT2D eigenvalue weighted by atomic mass is 10.1. The van der Waals surface area contributed by atoms with Crippen molar-refractivity contribution in [1.29, 1.82) is 0 Å². The highest BCUT2D eigenvalue weighted by atomic mass is 127. The number of hydrogen-bond acceptors (Lipinski definition) is 3. The Kier molecular flexibility index (Phi) is 13.4. The molecule has 160 valence electrons. The van der Waals surface area contributed by atoms with Gasteiger partial charge in [0.1, 0.15) is 5.75 Å². The summed E-state index contributed by atoms with van der Waals surface area (Å²) in [5.74, 6) is 2.24. The molecule has 1 atom stereocenters. The number of benzene rings is 2. The molecule has 0 saturated carbocycles. The van der Waals surface area contributed by atoms with E-state index in [4.69, 9.17) is 4.74 Å². The molecule has 0 amide bonds. The Morgan fingerprint density at radius 3 is 2.41 bits per heavy atom. The molecule has 1 unspecified atom stereocenters. The van der Waals surface area contributed by atoms with Crippen LogP contribution in [-0.2, 0) is 17.2 Å². The monoisotopic (exact) mass is 529 g/mol. The summed E-state index contributed by atoms with van der Waals surface area (Å²) in [6.45, 7) is 4.24. The predicted octanol–water partition coefficient (Wildman–Crippen LogP) is 4.00. The van der Waals surface area contributed by atoms with Crippen LogP contribution in [0.4, 0.5) is 0 Å². The zero-order valence-corrected chi connectivity index (χ0v) is 20.4. The molecule has 7 heteroatoms. The Hall–Kier alpha value is -1.61. The molecular formula is C22H32IN3O2S. The molecule has 0 aliphatic heterocycles. The van der Waals surface area contributed by atoms with Gasteiger partial charge in [-0.25, -0.2) is 0 Å². The maximum absolute atomic E-state index is 12.3. The quantitative estimate of drug-likeness (QED) is 0.200. The van der Waals surface area contributed by atoms with Gasteiger partial charge in [0.25, 0.3) is 0 Å². The number of guanidine groups is 1. The topological polar surface area (TPSA) is 62.7 Å². The minimum absolute atomic E-state index is 0. The van der Waals surface area contributed by atoms with Crippen molar-refractivity contribution in [3.8, 4) is 5.75 Å². The van der Waals surface area contributed by atoms with E-state index in [1.165, 1.54) is 5.56 Å². The van der Waals surface area contributed by atoms with E-state index in [0.717, 1.165) is 49.0 Å². The zero-order valence-electron chi connectivity index (χ0n) is 17.2. The SMILES string of the molecule is CCNC(=NCCCCc1ccc(OC)cc1)NCCS(=O)c1ccccc1.I. The van der Waals surface area contributed by atoms with Gasteiger partial charge in [-0.3, -0.25) is 9.20 Å². The first-order valence-electron chi connectivity index (χ1n) is 9.81. The Balaban J connectivity index is 0.00000420. The molecule has 0 bridgehead atoms. The number of rotatable bonds is 11. The number of aliphatic imine (C=N–C) groups is 1. The molecule has 2 N–H and O–H groups in total. The van der Waals surface area contributed by atoms with Gasteiger partial charge in [0.15, 0.2) is 5.96 Å². The second kappa shape index (κ2) is 15.3. The number of methoxy groups -OCH3 is 1. The van der Waals surface area contributed by atoms with E-state index in [1.54, 1.807) is 7.11 Å². The van der Waals surface area contributed by atoms with Gasteiger partial charge in [-0.15, -0.1) is 24.0 Å². The molecule has 2 rings (SSSR count). The van der Waals surface area contributed by atoms with E-state index in [2.05, 4.69) is 27.8 Å². The minimum Gasteiger partial charge on any atom is -0.497 e. The van der Waals surface area contributed by atoms with Crippen LogP contribution in [0.3, 0.4) is 0 Å². The third-order valence-corrected chi connectivity index (χ3v) is 5.61. The number of halogens is 1. The van der Waals surface area contributed by atoms with E-state index >= 15 is 0 Å². The van der Waals surface area contributed by atoms with Crippen molar-refractivity contribution in [1.82, 2.24) is 10.6 Å². The molecule has 29 heavy (non-hydrogen) atoms. The van der Waals surface area contributed by atoms with Gasteiger partial charge < -0.3 is 15.4 Å². The summed E-state index contributed by atoms with van der Waals surface area (Å²) in [5.41, 5.74) is 1.32. The lowest BCUT2D eigenvalue weighted by Crippen LogP contribution is -2.39. The third-order valence-electron chi connectivity index (χ3n) is 4.23. The van der Waals surface area contributed by atoms with Crippen LogP contribution < -0.4 is 15.4 Å². The summed E-state index contributed by atoms with van der Waals surface area (Å²) < 4.78 is 17.4. The average molecular weight is 529 g/mol. The van der Waals surface area contributed by atoms with Gasteiger partial charge in [-0.2, -0.15) is 0 Å². The Bertz CT molecular complexity index is 739. The van der Waals surface area contributed by atoms with Crippen LogP contribution in [0.25, 0.3) is 0 Å². The molecule has 0 heterocycles. The highest BCUT2D eigenvalue weighted by Crippen LogP contribution is 2.13. The summed E-state index contributed by atoms with van der Waals surface area (Å²) in [6.07, 6.45) is 3.16. The van der Waals surface area contributed by atoms with Crippen molar-refractivity contribution in [2.45, 2.75) is 31.1 Å². The maximum atomic E-state index is 12.3. The highest BCUT2D eigenvalue weighted by Gasteiger charge is 2.03. The lowest BCUT2D eigenvalue weighted by molar-refractivity contribution is 0.414. The first kappa shape index (κ1) is 25.4. The molecule has 0 radical (unpaired) electrons.